The number of benzene rings is 1. The molecule has 70 valence electrons. The van der Waals surface area contributed by atoms with Gasteiger partial charge in [-0.3, -0.25) is 0 Å². The minimum atomic E-state index is -1.28. The Hall–Kier alpha value is -1.10. The van der Waals surface area contributed by atoms with Crippen LogP contribution in [0.15, 0.2) is 23.1 Å². The second-order valence-electron chi connectivity index (χ2n) is 2.24. The molecule has 0 bridgehead atoms. The molecule has 0 aliphatic rings. The molecule has 1 aromatic rings. The van der Waals surface area contributed by atoms with Crippen molar-refractivity contribution in [3.63, 3.8) is 0 Å². The summed E-state index contributed by atoms with van der Waals surface area (Å²) in [6, 6.07) is 2.97. The second-order valence-corrected chi connectivity index (χ2v) is 3.25. The molecule has 2 nitrogen and oxygen atoms in total. The Morgan fingerprint density at radius 2 is 2.15 bits per heavy atom. The summed E-state index contributed by atoms with van der Waals surface area (Å²) in [4.78, 5) is 10.1. The smallest absolute Gasteiger partial charge is 0.139 e. The molecule has 0 radical (unpaired) electrons. The van der Waals surface area contributed by atoms with Gasteiger partial charge >= 0.3 is 0 Å². The summed E-state index contributed by atoms with van der Waals surface area (Å²) in [5, 5.41) is 10.0. The summed E-state index contributed by atoms with van der Waals surface area (Å²) in [5.74, 6) is -3.07. The highest BCUT2D eigenvalue weighted by molar-refractivity contribution is 8.00. The summed E-state index contributed by atoms with van der Waals surface area (Å²) >= 11 is 0.760. The Labute approximate surface area is 77.6 Å². The number of rotatable bonds is 3. The van der Waals surface area contributed by atoms with Crippen LogP contribution >= 0.6 is 11.8 Å². The van der Waals surface area contributed by atoms with Crippen LogP contribution in [0.2, 0.25) is 0 Å². The van der Waals surface area contributed by atoms with Gasteiger partial charge in [0.25, 0.3) is 0 Å². The lowest BCUT2D eigenvalue weighted by Gasteiger charge is -2.03. The van der Waals surface area contributed by atoms with E-state index >= 15 is 0 Å². The molecule has 0 heterocycles. The number of hydrogen-bond acceptors (Lipinski definition) is 3. The monoisotopic (exact) mass is 203 g/mol. The zero-order valence-electron chi connectivity index (χ0n) is 6.42. The van der Waals surface area contributed by atoms with Crippen molar-refractivity contribution < 1.29 is 18.7 Å². The van der Waals surface area contributed by atoms with Crippen LogP contribution in [0.5, 0.6) is 0 Å². The van der Waals surface area contributed by atoms with Gasteiger partial charge in [0.05, 0.1) is 5.97 Å². The van der Waals surface area contributed by atoms with Gasteiger partial charge in [0, 0.05) is 16.7 Å². The highest BCUT2D eigenvalue weighted by atomic mass is 32.2. The van der Waals surface area contributed by atoms with Crippen molar-refractivity contribution in [1.29, 1.82) is 0 Å². The molecule has 0 aliphatic carbocycles. The fourth-order valence-corrected chi connectivity index (χ4v) is 1.36. The van der Waals surface area contributed by atoms with Crippen LogP contribution in [0.25, 0.3) is 0 Å². The molecule has 0 aliphatic heterocycles. The van der Waals surface area contributed by atoms with E-state index in [1.165, 1.54) is 6.07 Å². The molecule has 0 amide bonds. The molecule has 0 fully saturated rings. The molecule has 0 unspecified atom stereocenters. The van der Waals surface area contributed by atoms with Crippen molar-refractivity contribution in [3.8, 4) is 0 Å². The van der Waals surface area contributed by atoms with E-state index < -0.39 is 17.6 Å². The van der Waals surface area contributed by atoms with Crippen molar-refractivity contribution in [1.82, 2.24) is 0 Å². The number of halogens is 2. The van der Waals surface area contributed by atoms with Crippen molar-refractivity contribution in [2.45, 2.75) is 4.90 Å². The maximum atomic E-state index is 12.8. The van der Waals surface area contributed by atoms with E-state index in [4.69, 9.17) is 0 Å². The van der Waals surface area contributed by atoms with Gasteiger partial charge < -0.3 is 9.90 Å². The lowest BCUT2D eigenvalue weighted by molar-refractivity contribution is -0.301. The standard InChI is InChI=1S/C8H6F2O2S/c9-5-1-2-7(6(10)3-5)13-4-8(11)12/h1-3H,4H2,(H,11,12)/p-1. The first-order chi connectivity index (χ1) is 6.09. The summed E-state index contributed by atoms with van der Waals surface area (Å²) in [6.07, 6.45) is 0. The highest BCUT2D eigenvalue weighted by Crippen LogP contribution is 2.21. The third-order valence-electron chi connectivity index (χ3n) is 1.24. The van der Waals surface area contributed by atoms with Gasteiger partial charge in [-0.2, -0.15) is 0 Å². The van der Waals surface area contributed by atoms with Crippen LogP contribution in [0.4, 0.5) is 8.78 Å². The van der Waals surface area contributed by atoms with E-state index in [-0.39, 0.29) is 10.6 Å². The van der Waals surface area contributed by atoms with E-state index in [0.717, 1.165) is 17.8 Å². The van der Waals surface area contributed by atoms with Crippen LogP contribution in [-0.2, 0) is 4.79 Å². The molecule has 0 saturated heterocycles. The molecular weight excluding hydrogens is 198 g/mol. The number of aliphatic carboxylic acids is 1. The number of carbonyl (C=O) groups excluding carboxylic acids is 1. The summed E-state index contributed by atoms with van der Waals surface area (Å²) < 4.78 is 25.2. The lowest BCUT2D eigenvalue weighted by atomic mass is 10.3. The van der Waals surface area contributed by atoms with Crippen LogP contribution in [0, 0.1) is 11.6 Å². The van der Waals surface area contributed by atoms with Gasteiger partial charge in [-0.15, -0.1) is 11.8 Å². The molecule has 1 rings (SSSR count). The Kier molecular flexibility index (Phi) is 3.25. The number of carbonyl (C=O) groups is 1. The first kappa shape index (κ1) is 9.98. The quantitative estimate of drug-likeness (QED) is 0.682. The fraction of sp³-hybridized carbons (Fsp3) is 0.125. The molecule has 1 aromatic carbocycles. The van der Waals surface area contributed by atoms with Gasteiger partial charge in [-0.1, -0.05) is 0 Å². The van der Waals surface area contributed by atoms with Crippen LogP contribution in [-0.4, -0.2) is 11.7 Å². The van der Waals surface area contributed by atoms with Gasteiger partial charge in [0.1, 0.15) is 11.6 Å². The molecule has 0 atom stereocenters. The largest absolute Gasteiger partial charge is 0.549 e. The average Bonchev–Trinajstić information content (AvgIpc) is 2.02. The summed E-state index contributed by atoms with van der Waals surface area (Å²) in [7, 11) is 0. The Bertz CT molecular complexity index is 328. The average molecular weight is 203 g/mol. The van der Waals surface area contributed by atoms with E-state index in [9.17, 15) is 18.7 Å². The van der Waals surface area contributed by atoms with Crippen LogP contribution < -0.4 is 5.11 Å². The zero-order valence-corrected chi connectivity index (χ0v) is 7.24. The SMILES string of the molecule is O=C([O-])CSc1ccc(F)cc1F. The molecule has 0 aromatic heterocycles. The number of hydrogen-bond donors (Lipinski definition) is 0. The maximum Gasteiger partial charge on any atom is 0.139 e. The molecule has 0 N–H and O–H groups in total. The third kappa shape index (κ3) is 3.02. The van der Waals surface area contributed by atoms with Gasteiger partial charge in [-0.25, -0.2) is 8.78 Å². The first-order valence-electron chi connectivity index (χ1n) is 3.37. The topological polar surface area (TPSA) is 40.1 Å². The van der Waals surface area contributed by atoms with E-state index in [1.807, 2.05) is 0 Å². The van der Waals surface area contributed by atoms with Gasteiger partial charge in [0.2, 0.25) is 0 Å². The predicted octanol–water partition coefficient (Wildman–Crippen LogP) is 0.807. The number of carboxylic acids is 1. The lowest BCUT2D eigenvalue weighted by Crippen LogP contribution is -2.24. The fourth-order valence-electron chi connectivity index (χ4n) is 0.729. The van der Waals surface area contributed by atoms with Crippen molar-refractivity contribution in [3.05, 3.63) is 29.8 Å². The molecule has 0 spiro atoms. The maximum absolute atomic E-state index is 12.8. The summed E-state index contributed by atoms with van der Waals surface area (Å²) in [6.45, 7) is 0. The van der Waals surface area contributed by atoms with Crippen LogP contribution in [0.3, 0.4) is 0 Å². The predicted molar refractivity (Wildman–Crippen MR) is 42.1 cm³/mol. The van der Waals surface area contributed by atoms with Gasteiger partial charge in [-0.05, 0) is 12.1 Å². The molecular formula is C8H5F2O2S-. The zero-order chi connectivity index (χ0) is 9.84. The first-order valence-corrected chi connectivity index (χ1v) is 4.36. The van der Waals surface area contributed by atoms with E-state index in [1.54, 1.807) is 0 Å². The van der Waals surface area contributed by atoms with Crippen molar-refractivity contribution >= 4 is 17.7 Å². The van der Waals surface area contributed by atoms with Gasteiger partial charge in [0.15, 0.2) is 0 Å². The van der Waals surface area contributed by atoms with E-state index in [0.29, 0.717) is 6.07 Å². The second kappa shape index (κ2) is 4.23. The third-order valence-corrected chi connectivity index (χ3v) is 2.26. The van der Waals surface area contributed by atoms with Crippen molar-refractivity contribution in [2.24, 2.45) is 0 Å². The molecule has 13 heavy (non-hydrogen) atoms. The minimum absolute atomic E-state index is 0.102. The molecule has 0 saturated carbocycles. The van der Waals surface area contributed by atoms with Crippen LogP contribution in [0.1, 0.15) is 0 Å². The van der Waals surface area contributed by atoms with Crippen molar-refractivity contribution in [2.75, 3.05) is 5.75 Å². The molecule has 5 heteroatoms. The van der Waals surface area contributed by atoms with E-state index in [2.05, 4.69) is 0 Å². The Morgan fingerprint density at radius 1 is 1.46 bits per heavy atom. The number of thioether (sulfide) groups is 1. The number of carboxylic acid groups (broad SMARTS) is 1. The summed E-state index contributed by atoms with van der Waals surface area (Å²) in [5.41, 5.74) is 0. The highest BCUT2D eigenvalue weighted by Gasteiger charge is 2.03. The Balaban J connectivity index is 2.72. The normalized spacial score (nSPS) is 10.0. The Morgan fingerprint density at radius 3 is 2.69 bits per heavy atom. The minimum Gasteiger partial charge on any atom is -0.549 e.